The van der Waals surface area contributed by atoms with Crippen LogP contribution in [0.1, 0.15) is 51.4 Å². The maximum absolute atomic E-state index is 12.1. The van der Waals surface area contributed by atoms with Gasteiger partial charge in [-0.3, -0.25) is 9.48 Å². The fourth-order valence-corrected chi connectivity index (χ4v) is 1.71. The lowest BCUT2D eigenvalue weighted by Crippen LogP contribution is -2.44. The van der Waals surface area contributed by atoms with Crippen molar-refractivity contribution in [3.63, 3.8) is 0 Å². The molecule has 2 atom stereocenters. The summed E-state index contributed by atoms with van der Waals surface area (Å²) < 4.78 is 1.68. The van der Waals surface area contributed by atoms with Crippen molar-refractivity contribution in [2.24, 2.45) is 5.92 Å². The fraction of sp³-hybridized carbons (Fsp3) is 0.643. The molecule has 112 valence electrons. The number of hydrogen-bond donors (Lipinski definition) is 2. The molecule has 6 heteroatoms. The molecule has 0 aliphatic rings. The zero-order valence-corrected chi connectivity index (χ0v) is 12.7. The molecule has 0 aromatic carbocycles. The first-order valence-corrected chi connectivity index (χ1v) is 6.75. The summed E-state index contributed by atoms with van der Waals surface area (Å²) in [5.74, 6) is -1.56. The van der Waals surface area contributed by atoms with E-state index in [0.29, 0.717) is 12.0 Å². The second-order valence-corrected chi connectivity index (χ2v) is 6.02. The van der Waals surface area contributed by atoms with Crippen molar-refractivity contribution in [2.45, 2.75) is 52.6 Å². The van der Waals surface area contributed by atoms with E-state index in [1.165, 1.54) is 6.20 Å². The summed E-state index contributed by atoms with van der Waals surface area (Å²) in [6.07, 6.45) is 3.76. The van der Waals surface area contributed by atoms with Crippen LogP contribution in [0.5, 0.6) is 0 Å². The zero-order valence-electron chi connectivity index (χ0n) is 12.7. The molecular weight excluding hydrogens is 258 g/mol. The number of nitrogens with one attached hydrogen (secondary N) is 1. The topological polar surface area (TPSA) is 84.2 Å². The normalized spacial score (nSPS) is 14.7. The molecule has 0 unspecified atom stereocenters. The van der Waals surface area contributed by atoms with Crippen molar-refractivity contribution >= 4 is 11.9 Å². The van der Waals surface area contributed by atoms with Crippen LogP contribution in [0.2, 0.25) is 0 Å². The quantitative estimate of drug-likeness (QED) is 0.863. The van der Waals surface area contributed by atoms with E-state index in [2.05, 4.69) is 10.4 Å². The fourth-order valence-electron chi connectivity index (χ4n) is 1.71. The van der Waals surface area contributed by atoms with E-state index in [1.54, 1.807) is 17.8 Å². The van der Waals surface area contributed by atoms with Gasteiger partial charge in [0.25, 0.3) is 5.91 Å². The molecule has 0 radical (unpaired) electrons. The number of carbonyl (C=O) groups is 2. The SMILES string of the molecule is CC[C@H](C)[C@H](NC(=O)c1cnn(C(C)(C)C)c1)C(=O)O. The average Bonchev–Trinajstić information content (AvgIpc) is 2.83. The van der Waals surface area contributed by atoms with Gasteiger partial charge in [-0.05, 0) is 26.7 Å². The van der Waals surface area contributed by atoms with E-state index in [0.717, 1.165) is 0 Å². The van der Waals surface area contributed by atoms with E-state index in [4.69, 9.17) is 5.11 Å². The van der Waals surface area contributed by atoms with Gasteiger partial charge < -0.3 is 10.4 Å². The highest BCUT2D eigenvalue weighted by Crippen LogP contribution is 2.14. The highest BCUT2D eigenvalue weighted by atomic mass is 16.4. The van der Waals surface area contributed by atoms with Crippen molar-refractivity contribution in [3.05, 3.63) is 18.0 Å². The largest absolute Gasteiger partial charge is 0.480 e. The van der Waals surface area contributed by atoms with Crippen molar-refractivity contribution in [1.29, 1.82) is 0 Å². The first kappa shape index (κ1) is 16.2. The molecule has 0 fully saturated rings. The Morgan fingerprint density at radius 3 is 2.45 bits per heavy atom. The molecule has 0 aliphatic carbocycles. The lowest BCUT2D eigenvalue weighted by atomic mass is 9.99. The number of aromatic nitrogens is 2. The maximum atomic E-state index is 12.1. The van der Waals surface area contributed by atoms with E-state index < -0.39 is 17.9 Å². The first-order chi connectivity index (χ1) is 9.16. The Kier molecular flexibility index (Phi) is 4.92. The van der Waals surface area contributed by atoms with Crippen LogP contribution in [-0.4, -0.2) is 32.8 Å². The van der Waals surface area contributed by atoms with Crippen LogP contribution in [0.4, 0.5) is 0 Å². The Bertz CT molecular complexity index is 488. The van der Waals surface area contributed by atoms with E-state index in [-0.39, 0.29) is 11.5 Å². The summed E-state index contributed by atoms with van der Waals surface area (Å²) in [7, 11) is 0. The molecule has 0 spiro atoms. The van der Waals surface area contributed by atoms with Gasteiger partial charge in [0.15, 0.2) is 0 Å². The number of amides is 1. The van der Waals surface area contributed by atoms with E-state index in [9.17, 15) is 9.59 Å². The van der Waals surface area contributed by atoms with Gasteiger partial charge in [0.2, 0.25) is 0 Å². The van der Waals surface area contributed by atoms with Crippen molar-refractivity contribution < 1.29 is 14.7 Å². The van der Waals surface area contributed by atoms with Crippen LogP contribution in [0.25, 0.3) is 0 Å². The minimum Gasteiger partial charge on any atom is -0.480 e. The van der Waals surface area contributed by atoms with Gasteiger partial charge in [-0.2, -0.15) is 5.10 Å². The Morgan fingerprint density at radius 2 is 2.05 bits per heavy atom. The number of hydrogen-bond acceptors (Lipinski definition) is 3. The molecule has 1 heterocycles. The lowest BCUT2D eigenvalue weighted by molar-refractivity contribution is -0.140. The van der Waals surface area contributed by atoms with Crippen molar-refractivity contribution in [3.8, 4) is 0 Å². The number of nitrogens with zero attached hydrogens (tertiary/aromatic N) is 2. The molecule has 1 aromatic heterocycles. The Morgan fingerprint density at radius 1 is 1.45 bits per heavy atom. The minimum absolute atomic E-state index is 0.130. The molecule has 20 heavy (non-hydrogen) atoms. The molecule has 0 aliphatic heterocycles. The third kappa shape index (κ3) is 3.82. The highest BCUT2D eigenvalue weighted by Gasteiger charge is 2.26. The third-order valence-electron chi connectivity index (χ3n) is 3.30. The molecular formula is C14H23N3O3. The Balaban J connectivity index is 2.85. The van der Waals surface area contributed by atoms with Crippen LogP contribution < -0.4 is 5.32 Å². The standard InChI is InChI=1S/C14H23N3O3/c1-6-9(2)11(13(19)20)16-12(18)10-7-15-17(8-10)14(3,4)5/h7-9,11H,6H2,1-5H3,(H,16,18)(H,19,20)/t9-,11-/m0/s1. The molecule has 1 amide bonds. The van der Waals surface area contributed by atoms with Crippen molar-refractivity contribution in [2.75, 3.05) is 0 Å². The smallest absolute Gasteiger partial charge is 0.326 e. The molecule has 1 rings (SSSR count). The minimum atomic E-state index is -1.02. The van der Waals surface area contributed by atoms with Gasteiger partial charge >= 0.3 is 5.97 Å². The van der Waals surface area contributed by atoms with Crippen LogP contribution >= 0.6 is 0 Å². The predicted octanol–water partition coefficient (Wildman–Crippen LogP) is 1.87. The van der Waals surface area contributed by atoms with Crippen molar-refractivity contribution in [1.82, 2.24) is 15.1 Å². The van der Waals surface area contributed by atoms with Gasteiger partial charge in [-0.15, -0.1) is 0 Å². The molecule has 6 nitrogen and oxygen atoms in total. The number of carbonyl (C=O) groups excluding carboxylic acids is 1. The summed E-state index contributed by atoms with van der Waals surface area (Å²) in [4.78, 5) is 23.3. The molecule has 0 saturated carbocycles. The number of rotatable bonds is 5. The third-order valence-corrected chi connectivity index (χ3v) is 3.30. The summed E-state index contributed by atoms with van der Waals surface area (Å²) in [5.41, 5.74) is 0.149. The summed E-state index contributed by atoms with van der Waals surface area (Å²) in [6, 6.07) is -0.884. The molecule has 1 aromatic rings. The maximum Gasteiger partial charge on any atom is 0.326 e. The summed E-state index contributed by atoms with van der Waals surface area (Å²) >= 11 is 0. The van der Waals surface area contributed by atoms with Gasteiger partial charge in [-0.25, -0.2) is 4.79 Å². The first-order valence-electron chi connectivity index (χ1n) is 6.75. The van der Waals surface area contributed by atoms with Gasteiger partial charge in [0.1, 0.15) is 6.04 Å². The molecule has 0 saturated heterocycles. The number of carboxylic acids is 1. The molecule has 2 N–H and O–H groups in total. The second kappa shape index (κ2) is 6.07. The van der Waals surface area contributed by atoms with E-state index >= 15 is 0 Å². The predicted molar refractivity (Wildman–Crippen MR) is 75.6 cm³/mol. The second-order valence-electron chi connectivity index (χ2n) is 6.02. The van der Waals surface area contributed by atoms with Gasteiger partial charge in [0.05, 0.1) is 17.3 Å². The number of carboxylic acid groups (broad SMARTS) is 1. The molecule has 0 bridgehead atoms. The van der Waals surface area contributed by atoms with Gasteiger partial charge in [0, 0.05) is 6.20 Å². The lowest BCUT2D eigenvalue weighted by Gasteiger charge is -2.20. The summed E-state index contributed by atoms with van der Waals surface area (Å²) in [6.45, 7) is 9.62. The van der Waals surface area contributed by atoms with Crippen LogP contribution in [0.15, 0.2) is 12.4 Å². The Labute approximate surface area is 119 Å². The monoisotopic (exact) mass is 281 g/mol. The van der Waals surface area contributed by atoms with Crippen LogP contribution in [-0.2, 0) is 10.3 Å². The van der Waals surface area contributed by atoms with Crippen LogP contribution in [0.3, 0.4) is 0 Å². The summed E-state index contributed by atoms with van der Waals surface area (Å²) in [5, 5.41) is 15.9. The number of aliphatic carboxylic acids is 1. The van der Waals surface area contributed by atoms with Crippen LogP contribution in [0, 0.1) is 5.92 Å². The van der Waals surface area contributed by atoms with E-state index in [1.807, 2.05) is 27.7 Å². The highest BCUT2D eigenvalue weighted by molar-refractivity contribution is 5.96. The van der Waals surface area contributed by atoms with Gasteiger partial charge in [-0.1, -0.05) is 20.3 Å². The Hall–Kier alpha value is -1.85. The zero-order chi connectivity index (χ0) is 15.5. The average molecular weight is 281 g/mol.